The largest absolute Gasteiger partial charge is 0.294 e. The molecule has 1 nitrogen and oxygen atoms in total. The molecule has 0 aliphatic rings. The number of Topliss-reactive ketones (excluding diaryl/α,β-unsaturated/α-hetero) is 1. The molecule has 1 atom stereocenters. The van der Waals surface area contributed by atoms with Crippen LogP contribution in [0.25, 0.3) is 0 Å². The Labute approximate surface area is 125 Å². The summed E-state index contributed by atoms with van der Waals surface area (Å²) in [6, 6.07) is 15.6. The van der Waals surface area contributed by atoms with Crippen LogP contribution in [0.5, 0.6) is 0 Å². The molecule has 0 saturated carbocycles. The third-order valence-corrected chi connectivity index (χ3v) is 3.77. The Bertz CT molecular complexity index is 587. The van der Waals surface area contributed by atoms with Gasteiger partial charge in [-0.15, -0.1) is 0 Å². The Morgan fingerprint density at radius 3 is 2.45 bits per heavy atom. The van der Waals surface area contributed by atoms with Gasteiger partial charge in [0.15, 0.2) is 5.78 Å². The molecule has 1 unspecified atom stereocenters. The van der Waals surface area contributed by atoms with Crippen molar-refractivity contribution in [3.63, 3.8) is 0 Å². The van der Waals surface area contributed by atoms with Gasteiger partial charge >= 0.3 is 0 Å². The van der Waals surface area contributed by atoms with E-state index in [2.05, 4.69) is 13.0 Å². The molecule has 0 N–H and O–H groups in total. The maximum atomic E-state index is 12.5. The Morgan fingerprint density at radius 2 is 1.80 bits per heavy atom. The van der Waals surface area contributed by atoms with E-state index in [1.807, 2.05) is 49.4 Å². The standard InChI is InChI=1S/C18H19ClO/c1-3-14-5-4-6-16(12-14)18(20)13(2)11-15-7-9-17(19)10-8-15/h4-10,12-13H,3,11H2,1-2H3. The number of aryl methyl sites for hydroxylation is 1. The first-order chi connectivity index (χ1) is 9.60. The van der Waals surface area contributed by atoms with Gasteiger partial charge in [0.05, 0.1) is 0 Å². The second-order valence-electron chi connectivity index (χ2n) is 5.15. The molecule has 2 heteroatoms. The highest BCUT2D eigenvalue weighted by atomic mass is 35.5. The summed E-state index contributed by atoms with van der Waals surface area (Å²) >= 11 is 5.87. The molecule has 2 aromatic rings. The van der Waals surface area contributed by atoms with Gasteiger partial charge in [-0.05, 0) is 42.2 Å². The quantitative estimate of drug-likeness (QED) is 0.710. The zero-order valence-electron chi connectivity index (χ0n) is 11.9. The van der Waals surface area contributed by atoms with Crippen LogP contribution < -0.4 is 0 Å². The van der Waals surface area contributed by atoms with Gasteiger partial charge in [0.2, 0.25) is 0 Å². The maximum absolute atomic E-state index is 12.5. The summed E-state index contributed by atoms with van der Waals surface area (Å²) in [7, 11) is 0. The first-order valence-corrected chi connectivity index (χ1v) is 7.35. The van der Waals surface area contributed by atoms with Gasteiger partial charge in [-0.1, -0.05) is 55.8 Å². The second kappa shape index (κ2) is 6.71. The molecular formula is C18H19ClO. The van der Waals surface area contributed by atoms with Crippen LogP contribution in [0.2, 0.25) is 5.02 Å². The zero-order valence-corrected chi connectivity index (χ0v) is 12.7. The fourth-order valence-corrected chi connectivity index (χ4v) is 2.42. The molecule has 2 rings (SSSR count). The molecule has 0 aliphatic heterocycles. The molecule has 0 saturated heterocycles. The summed E-state index contributed by atoms with van der Waals surface area (Å²) in [5.41, 5.74) is 3.15. The predicted molar refractivity (Wildman–Crippen MR) is 84.5 cm³/mol. The van der Waals surface area contributed by atoms with Crippen molar-refractivity contribution in [1.29, 1.82) is 0 Å². The van der Waals surface area contributed by atoms with Gasteiger partial charge in [0.1, 0.15) is 0 Å². The number of hydrogen-bond donors (Lipinski definition) is 0. The molecule has 0 bridgehead atoms. The van der Waals surface area contributed by atoms with Crippen LogP contribution in [-0.4, -0.2) is 5.78 Å². The van der Waals surface area contributed by atoms with E-state index in [0.29, 0.717) is 0 Å². The van der Waals surface area contributed by atoms with E-state index in [0.717, 1.165) is 29.0 Å². The lowest BCUT2D eigenvalue weighted by molar-refractivity contribution is 0.0929. The SMILES string of the molecule is CCc1cccc(C(=O)C(C)Cc2ccc(Cl)cc2)c1. The molecule has 0 radical (unpaired) electrons. The van der Waals surface area contributed by atoms with E-state index < -0.39 is 0 Å². The smallest absolute Gasteiger partial charge is 0.166 e. The molecule has 0 fully saturated rings. The molecule has 20 heavy (non-hydrogen) atoms. The van der Waals surface area contributed by atoms with Crippen LogP contribution in [0.15, 0.2) is 48.5 Å². The minimum Gasteiger partial charge on any atom is -0.294 e. The van der Waals surface area contributed by atoms with E-state index in [9.17, 15) is 4.79 Å². The van der Waals surface area contributed by atoms with Crippen molar-refractivity contribution in [2.45, 2.75) is 26.7 Å². The van der Waals surface area contributed by atoms with Gasteiger partial charge < -0.3 is 0 Å². The number of carbonyl (C=O) groups excluding carboxylic acids is 1. The van der Waals surface area contributed by atoms with Crippen molar-refractivity contribution in [3.05, 3.63) is 70.2 Å². The van der Waals surface area contributed by atoms with Crippen molar-refractivity contribution in [3.8, 4) is 0 Å². The topological polar surface area (TPSA) is 17.1 Å². The highest BCUT2D eigenvalue weighted by Gasteiger charge is 2.15. The number of benzene rings is 2. The van der Waals surface area contributed by atoms with E-state index >= 15 is 0 Å². The van der Waals surface area contributed by atoms with E-state index in [1.54, 1.807) is 0 Å². The van der Waals surface area contributed by atoms with Crippen LogP contribution in [-0.2, 0) is 12.8 Å². The van der Waals surface area contributed by atoms with Crippen molar-refractivity contribution >= 4 is 17.4 Å². The molecule has 104 valence electrons. The third kappa shape index (κ3) is 3.71. The summed E-state index contributed by atoms with van der Waals surface area (Å²) < 4.78 is 0. The number of carbonyl (C=O) groups is 1. The van der Waals surface area contributed by atoms with Gasteiger partial charge in [-0.2, -0.15) is 0 Å². The lowest BCUT2D eigenvalue weighted by Crippen LogP contribution is -2.14. The van der Waals surface area contributed by atoms with Crippen molar-refractivity contribution < 1.29 is 4.79 Å². The predicted octanol–water partition coefficient (Wildman–Crippen LogP) is 4.96. The van der Waals surface area contributed by atoms with E-state index in [4.69, 9.17) is 11.6 Å². The van der Waals surface area contributed by atoms with Crippen molar-refractivity contribution in [1.82, 2.24) is 0 Å². The average Bonchev–Trinajstić information content (AvgIpc) is 2.48. The van der Waals surface area contributed by atoms with Crippen molar-refractivity contribution in [2.75, 3.05) is 0 Å². The molecule has 2 aromatic carbocycles. The molecule has 0 aliphatic carbocycles. The van der Waals surface area contributed by atoms with Gasteiger partial charge in [0, 0.05) is 16.5 Å². The normalized spacial score (nSPS) is 12.2. The molecule has 0 amide bonds. The lowest BCUT2D eigenvalue weighted by Gasteiger charge is -2.11. The zero-order chi connectivity index (χ0) is 14.5. The first-order valence-electron chi connectivity index (χ1n) is 6.97. The summed E-state index contributed by atoms with van der Waals surface area (Å²) in [6.07, 6.45) is 1.69. The average molecular weight is 287 g/mol. The Balaban J connectivity index is 2.09. The summed E-state index contributed by atoms with van der Waals surface area (Å²) in [6.45, 7) is 4.08. The second-order valence-corrected chi connectivity index (χ2v) is 5.59. The number of ketones is 1. The first kappa shape index (κ1) is 14.8. The minimum atomic E-state index is -0.0247. The monoisotopic (exact) mass is 286 g/mol. The van der Waals surface area contributed by atoms with Crippen LogP contribution >= 0.6 is 11.6 Å². The number of halogens is 1. The summed E-state index contributed by atoms with van der Waals surface area (Å²) in [5, 5.41) is 0.725. The Kier molecular flexibility index (Phi) is 4.97. The Hall–Kier alpha value is -1.60. The fraction of sp³-hybridized carbons (Fsp3) is 0.278. The van der Waals surface area contributed by atoms with Crippen LogP contribution in [0.4, 0.5) is 0 Å². The summed E-state index contributed by atoms with van der Waals surface area (Å²) in [4.78, 5) is 12.5. The number of hydrogen-bond acceptors (Lipinski definition) is 1. The Morgan fingerprint density at radius 1 is 1.10 bits per heavy atom. The van der Waals surface area contributed by atoms with Gasteiger partial charge in [0.25, 0.3) is 0 Å². The summed E-state index contributed by atoms with van der Waals surface area (Å²) in [5.74, 6) is 0.179. The van der Waals surface area contributed by atoms with Crippen molar-refractivity contribution in [2.24, 2.45) is 5.92 Å². The van der Waals surface area contributed by atoms with Gasteiger partial charge in [-0.3, -0.25) is 4.79 Å². The fourth-order valence-electron chi connectivity index (χ4n) is 2.30. The van der Waals surface area contributed by atoms with Gasteiger partial charge in [-0.25, -0.2) is 0 Å². The highest BCUT2D eigenvalue weighted by Crippen LogP contribution is 2.17. The molecular weight excluding hydrogens is 268 g/mol. The van der Waals surface area contributed by atoms with Crippen LogP contribution in [0.1, 0.15) is 35.3 Å². The number of rotatable bonds is 5. The molecule has 0 spiro atoms. The van der Waals surface area contributed by atoms with E-state index in [-0.39, 0.29) is 11.7 Å². The van der Waals surface area contributed by atoms with Crippen LogP contribution in [0.3, 0.4) is 0 Å². The molecule has 0 heterocycles. The highest BCUT2D eigenvalue weighted by molar-refractivity contribution is 6.30. The molecule has 0 aromatic heterocycles. The third-order valence-electron chi connectivity index (χ3n) is 3.52. The minimum absolute atomic E-state index is 0.0247. The van der Waals surface area contributed by atoms with Crippen LogP contribution in [0, 0.1) is 5.92 Å². The van der Waals surface area contributed by atoms with E-state index in [1.165, 1.54) is 5.56 Å². The lowest BCUT2D eigenvalue weighted by atomic mass is 9.92. The maximum Gasteiger partial charge on any atom is 0.166 e.